The zero-order valence-electron chi connectivity index (χ0n) is 12.1. The van der Waals surface area contributed by atoms with Crippen molar-refractivity contribution in [2.45, 2.75) is 19.5 Å². The van der Waals surface area contributed by atoms with Crippen molar-refractivity contribution < 1.29 is 4.42 Å². The number of nitrogens with zero attached hydrogens (tertiary/aromatic N) is 3. The summed E-state index contributed by atoms with van der Waals surface area (Å²) in [5.74, 6) is 0.902. The monoisotopic (exact) mass is 340 g/mol. The highest BCUT2D eigenvalue weighted by atomic mass is 79.9. The van der Waals surface area contributed by atoms with E-state index < -0.39 is 0 Å². The van der Waals surface area contributed by atoms with Crippen molar-refractivity contribution in [3.05, 3.63) is 40.5 Å². The van der Waals surface area contributed by atoms with Crippen molar-refractivity contribution in [1.82, 2.24) is 20.0 Å². The predicted octanol–water partition coefficient (Wildman–Crippen LogP) is 2.50. The lowest BCUT2D eigenvalue weighted by atomic mass is 10.1. The Morgan fingerprint density at radius 1 is 1.50 bits per heavy atom. The predicted molar refractivity (Wildman–Crippen MR) is 82.7 cm³/mol. The van der Waals surface area contributed by atoms with Crippen molar-refractivity contribution >= 4 is 15.9 Å². The zero-order chi connectivity index (χ0) is 14.5. The van der Waals surface area contributed by atoms with Gasteiger partial charge >= 0.3 is 0 Å². The molecule has 0 aliphatic carbocycles. The highest BCUT2D eigenvalue weighted by Crippen LogP contribution is 2.28. The number of aromatic nitrogens is 2. The van der Waals surface area contributed by atoms with Gasteiger partial charge in [0.25, 0.3) is 0 Å². The number of halogens is 1. The molecular formula is C14H21BrN4O. The maximum absolute atomic E-state index is 5.57. The summed E-state index contributed by atoms with van der Waals surface area (Å²) in [7, 11) is 4.12. The van der Waals surface area contributed by atoms with E-state index in [4.69, 9.17) is 4.42 Å². The molecule has 1 N–H and O–H groups in total. The van der Waals surface area contributed by atoms with Crippen LogP contribution in [0, 0.1) is 0 Å². The number of furan rings is 1. The minimum atomic E-state index is 0.00837. The lowest BCUT2D eigenvalue weighted by Crippen LogP contribution is -2.27. The maximum Gasteiger partial charge on any atom is 0.126 e. The van der Waals surface area contributed by atoms with Gasteiger partial charge in [0.2, 0.25) is 0 Å². The maximum atomic E-state index is 5.57. The average molecular weight is 341 g/mol. The van der Waals surface area contributed by atoms with E-state index in [0.717, 1.165) is 35.6 Å². The van der Waals surface area contributed by atoms with Crippen LogP contribution in [0.2, 0.25) is 0 Å². The largest absolute Gasteiger partial charge is 0.467 e. The van der Waals surface area contributed by atoms with Crippen LogP contribution in [0.3, 0.4) is 0 Å². The molecule has 0 fully saturated rings. The van der Waals surface area contributed by atoms with Crippen molar-refractivity contribution in [2.24, 2.45) is 0 Å². The minimum absolute atomic E-state index is 0.00837. The molecule has 6 heteroatoms. The van der Waals surface area contributed by atoms with E-state index in [1.54, 1.807) is 6.26 Å². The van der Waals surface area contributed by atoms with Crippen LogP contribution in [-0.2, 0) is 6.54 Å². The van der Waals surface area contributed by atoms with Crippen molar-refractivity contribution in [3.63, 3.8) is 0 Å². The summed E-state index contributed by atoms with van der Waals surface area (Å²) in [6.45, 7) is 4.73. The summed E-state index contributed by atoms with van der Waals surface area (Å²) in [6, 6.07) is 3.91. The van der Waals surface area contributed by atoms with E-state index in [9.17, 15) is 0 Å². The van der Waals surface area contributed by atoms with Crippen molar-refractivity contribution in [1.29, 1.82) is 0 Å². The second-order valence-corrected chi connectivity index (χ2v) is 5.76. The number of likely N-dealkylation sites (N-methyl/N-ethyl adjacent to an activating group) is 1. The molecule has 2 aromatic rings. The average Bonchev–Trinajstić information content (AvgIpc) is 3.04. The molecule has 0 aromatic carbocycles. The Kier molecular flexibility index (Phi) is 5.39. The first kappa shape index (κ1) is 15.3. The van der Waals surface area contributed by atoms with Gasteiger partial charge in [0.05, 0.1) is 29.2 Å². The van der Waals surface area contributed by atoms with Gasteiger partial charge in [-0.3, -0.25) is 4.68 Å². The first-order valence-corrected chi connectivity index (χ1v) is 7.55. The van der Waals surface area contributed by atoms with E-state index in [-0.39, 0.29) is 6.04 Å². The van der Waals surface area contributed by atoms with Crippen LogP contribution in [-0.4, -0.2) is 41.9 Å². The molecule has 2 rings (SSSR count). The van der Waals surface area contributed by atoms with Crippen LogP contribution in [0.1, 0.15) is 24.4 Å². The van der Waals surface area contributed by atoms with Gasteiger partial charge in [-0.05, 0) is 48.7 Å². The molecule has 0 spiro atoms. The number of hydrogen-bond acceptors (Lipinski definition) is 4. The van der Waals surface area contributed by atoms with Crippen molar-refractivity contribution in [2.75, 3.05) is 27.2 Å². The highest BCUT2D eigenvalue weighted by molar-refractivity contribution is 9.10. The molecule has 2 heterocycles. The Balaban J connectivity index is 2.30. The van der Waals surface area contributed by atoms with Crippen LogP contribution in [0.4, 0.5) is 0 Å². The zero-order valence-corrected chi connectivity index (χ0v) is 13.7. The minimum Gasteiger partial charge on any atom is -0.467 e. The van der Waals surface area contributed by atoms with Crippen molar-refractivity contribution in [3.8, 4) is 0 Å². The van der Waals surface area contributed by atoms with Crippen LogP contribution >= 0.6 is 15.9 Å². The molecule has 2 aromatic heterocycles. The van der Waals surface area contributed by atoms with E-state index in [2.05, 4.69) is 52.3 Å². The molecular weight excluding hydrogens is 320 g/mol. The molecule has 0 amide bonds. The molecule has 0 saturated carbocycles. The second kappa shape index (κ2) is 7.06. The third kappa shape index (κ3) is 3.50. The molecule has 1 unspecified atom stereocenters. The summed E-state index contributed by atoms with van der Waals surface area (Å²) >= 11 is 3.60. The highest BCUT2D eigenvalue weighted by Gasteiger charge is 2.23. The molecule has 0 bridgehead atoms. The topological polar surface area (TPSA) is 46.2 Å². The molecule has 0 aliphatic heterocycles. The van der Waals surface area contributed by atoms with Gasteiger partial charge in [0.15, 0.2) is 0 Å². The van der Waals surface area contributed by atoms with Gasteiger partial charge in [0.1, 0.15) is 11.8 Å². The number of rotatable bonds is 7. The van der Waals surface area contributed by atoms with Gasteiger partial charge in [-0.2, -0.15) is 5.10 Å². The Bertz CT molecular complexity index is 521. The fourth-order valence-corrected chi connectivity index (χ4v) is 2.65. The normalized spacial score (nSPS) is 13.1. The fourth-order valence-electron chi connectivity index (χ4n) is 2.12. The van der Waals surface area contributed by atoms with Gasteiger partial charge in [-0.25, -0.2) is 0 Å². The molecule has 0 radical (unpaired) electrons. The lowest BCUT2D eigenvalue weighted by Gasteiger charge is -2.19. The molecule has 1 atom stereocenters. The van der Waals surface area contributed by atoms with Gasteiger partial charge < -0.3 is 14.6 Å². The molecule has 20 heavy (non-hydrogen) atoms. The lowest BCUT2D eigenvalue weighted by molar-refractivity contribution is 0.360. The number of nitrogens with one attached hydrogen (secondary N) is 1. The van der Waals surface area contributed by atoms with Gasteiger partial charge in [0, 0.05) is 6.54 Å². The summed E-state index contributed by atoms with van der Waals surface area (Å²) in [5.41, 5.74) is 1.10. The third-order valence-corrected chi connectivity index (χ3v) is 3.71. The van der Waals surface area contributed by atoms with E-state index in [1.165, 1.54) is 0 Å². The number of hydrogen-bond donors (Lipinski definition) is 1. The van der Waals surface area contributed by atoms with E-state index >= 15 is 0 Å². The summed E-state index contributed by atoms with van der Waals surface area (Å²) in [6.07, 6.45) is 3.55. The third-order valence-electron chi connectivity index (χ3n) is 3.10. The molecule has 0 saturated heterocycles. The Morgan fingerprint density at radius 3 is 2.90 bits per heavy atom. The molecule has 5 nitrogen and oxygen atoms in total. The van der Waals surface area contributed by atoms with Crippen LogP contribution < -0.4 is 5.32 Å². The first-order chi connectivity index (χ1) is 9.63. The smallest absolute Gasteiger partial charge is 0.126 e. The second-order valence-electron chi connectivity index (χ2n) is 4.91. The first-order valence-electron chi connectivity index (χ1n) is 6.76. The Hall–Kier alpha value is -1.11. The quantitative estimate of drug-likeness (QED) is 0.841. The van der Waals surface area contributed by atoms with Gasteiger partial charge in [-0.15, -0.1) is 0 Å². The molecule has 110 valence electrons. The summed E-state index contributed by atoms with van der Waals surface area (Å²) in [4.78, 5) is 2.15. The van der Waals surface area contributed by atoms with E-state index in [0.29, 0.717) is 0 Å². The summed E-state index contributed by atoms with van der Waals surface area (Å²) in [5, 5.41) is 7.92. The van der Waals surface area contributed by atoms with E-state index in [1.807, 2.05) is 23.0 Å². The van der Waals surface area contributed by atoms with Crippen LogP contribution in [0.25, 0.3) is 0 Å². The summed E-state index contributed by atoms with van der Waals surface area (Å²) < 4.78 is 8.60. The Labute approximate surface area is 128 Å². The Morgan fingerprint density at radius 2 is 2.30 bits per heavy atom. The van der Waals surface area contributed by atoms with Crippen LogP contribution in [0.5, 0.6) is 0 Å². The SMILES string of the molecule is CCNC(c1ccco1)c1c(Br)cnn1CCN(C)C. The van der Waals surface area contributed by atoms with Gasteiger partial charge in [-0.1, -0.05) is 6.92 Å². The van der Waals surface area contributed by atoms with Crippen LogP contribution in [0.15, 0.2) is 33.5 Å². The fraction of sp³-hybridized carbons (Fsp3) is 0.500. The molecule has 0 aliphatic rings. The standard InChI is InChI=1S/C14H21BrN4O/c1-4-16-13(12-6-5-9-20-12)14-11(15)10-17-19(14)8-7-18(2)3/h5-6,9-10,13,16H,4,7-8H2,1-3H3.